The fourth-order valence-electron chi connectivity index (χ4n) is 2.50. The van der Waals surface area contributed by atoms with Crippen LogP contribution >= 0.6 is 11.3 Å². The molecule has 2 aromatic heterocycles. The second-order valence-electron chi connectivity index (χ2n) is 5.01. The molecule has 5 heteroatoms. The standard InChI is InChI=1S/C15H17BN3S/c1-9-6-13(18-8-11-4-3-5-20-11)14-15(19-9)10(2)12(7-17)16-14/h3-6H,7-8,17H2,1-2H3,(H,18,19). The minimum Gasteiger partial charge on any atom is -0.380 e. The quantitative estimate of drug-likeness (QED) is 0.844. The zero-order chi connectivity index (χ0) is 14.1. The van der Waals surface area contributed by atoms with E-state index >= 15 is 0 Å². The third-order valence-corrected chi connectivity index (χ3v) is 4.47. The fourth-order valence-corrected chi connectivity index (χ4v) is 3.15. The molecule has 0 bridgehead atoms. The first-order valence-electron chi connectivity index (χ1n) is 6.72. The van der Waals surface area contributed by atoms with Crippen LogP contribution in [0, 0.1) is 6.92 Å². The number of nitrogens with one attached hydrogen (secondary N) is 1. The van der Waals surface area contributed by atoms with Gasteiger partial charge in [-0.2, -0.15) is 0 Å². The predicted molar refractivity (Wildman–Crippen MR) is 87.7 cm³/mol. The smallest absolute Gasteiger partial charge is 0.193 e. The maximum Gasteiger partial charge on any atom is 0.193 e. The van der Waals surface area contributed by atoms with E-state index in [9.17, 15) is 0 Å². The molecule has 0 spiro atoms. The van der Waals surface area contributed by atoms with Crippen LogP contribution in [0.15, 0.2) is 29.1 Å². The first-order valence-corrected chi connectivity index (χ1v) is 7.60. The summed E-state index contributed by atoms with van der Waals surface area (Å²) in [5.74, 6) is 0. The number of anilines is 1. The topological polar surface area (TPSA) is 50.9 Å². The first kappa shape index (κ1) is 13.4. The van der Waals surface area contributed by atoms with E-state index in [2.05, 4.69) is 48.1 Å². The number of nitrogens with two attached hydrogens (primary N) is 1. The minimum absolute atomic E-state index is 0.561. The number of thiophene rings is 1. The molecule has 1 aliphatic heterocycles. The Morgan fingerprint density at radius 3 is 2.95 bits per heavy atom. The Morgan fingerprint density at radius 1 is 1.40 bits per heavy atom. The lowest BCUT2D eigenvalue weighted by atomic mass is 9.66. The van der Waals surface area contributed by atoms with Gasteiger partial charge in [-0.25, -0.2) is 0 Å². The van der Waals surface area contributed by atoms with Gasteiger partial charge < -0.3 is 11.1 Å². The molecule has 0 atom stereocenters. The van der Waals surface area contributed by atoms with Crippen LogP contribution < -0.4 is 16.5 Å². The molecular formula is C15H17BN3S. The van der Waals surface area contributed by atoms with Crippen molar-refractivity contribution >= 4 is 35.3 Å². The van der Waals surface area contributed by atoms with E-state index in [1.165, 1.54) is 21.4 Å². The normalized spacial score (nSPS) is 13.3. The highest BCUT2D eigenvalue weighted by Gasteiger charge is 2.23. The zero-order valence-electron chi connectivity index (χ0n) is 11.7. The highest BCUT2D eigenvalue weighted by molar-refractivity contribution is 7.09. The summed E-state index contributed by atoms with van der Waals surface area (Å²) >= 11 is 1.77. The Kier molecular flexibility index (Phi) is 3.63. The summed E-state index contributed by atoms with van der Waals surface area (Å²) < 4.78 is 0. The molecule has 0 saturated carbocycles. The SMILES string of the molecule is CC1=C(CN)[B]c2c(NCc3cccs3)cc(C)nc21. The molecule has 0 amide bonds. The van der Waals surface area contributed by atoms with Crippen molar-refractivity contribution in [3.8, 4) is 0 Å². The van der Waals surface area contributed by atoms with Gasteiger partial charge >= 0.3 is 0 Å². The van der Waals surface area contributed by atoms with Crippen molar-refractivity contribution in [2.45, 2.75) is 20.4 Å². The average molecular weight is 282 g/mol. The minimum atomic E-state index is 0.561. The van der Waals surface area contributed by atoms with Crippen LogP contribution in [0.2, 0.25) is 0 Å². The van der Waals surface area contributed by atoms with Gasteiger partial charge in [0.2, 0.25) is 0 Å². The van der Waals surface area contributed by atoms with E-state index in [1.807, 2.05) is 6.92 Å². The van der Waals surface area contributed by atoms with Crippen molar-refractivity contribution in [3.63, 3.8) is 0 Å². The number of aromatic nitrogens is 1. The van der Waals surface area contributed by atoms with Crippen molar-refractivity contribution in [3.05, 3.63) is 45.3 Å². The summed E-state index contributed by atoms with van der Waals surface area (Å²) in [7, 11) is 2.16. The zero-order valence-corrected chi connectivity index (χ0v) is 12.6. The van der Waals surface area contributed by atoms with Gasteiger partial charge in [0.05, 0.1) is 5.69 Å². The third-order valence-electron chi connectivity index (χ3n) is 3.60. The summed E-state index contributed by atoms with van der Waals surface area (Å²) in [6, 6.07) is 6.33. The Labute approximate surface area is 124 Å². The largest absolute Gasteiger partial charge is 0.380 e. The molecule has 3 N–H and O–H groups in total. The van der Waals surface area contributed by atoms with Gasteiger partial charge in [0.15, 0.2) is 7.28 Å². The van der Waals surface area contributed by atoms with Crippen LogP contribution in [0.5, 0.6) is 0 Å². The number of rotatable bonds is 4. The van der Waals surface area contributed by atoms with E-state index < -0.39 is 0 Å². The number of pyridine rings is 1. The molecule has 0 aromatic carbocycles. The molecule has 1 aliphatic rings. The maximum absolute atomic E-state index is 5.81. The summed E-state index contributed by atoms with van der Waals surface area (Å²) in [6.07, 6.45) is 0. The third kappa shape index (κ3) is 2.39. The highest BCUT2D eigenvalue weighted by Crippen LogP contribution is 2.24. The molecule has 101 valence electrons. The van der Waals surface area contributed by atoms with Crippen LogP contribution in [-0.4, -0.2) is 18.8 Å². The van der Waals surface area contributed by atoms with E-state index in [1.54, 1.807) is 11.3 Å². The fraction of sp³-hybridized carbons (Fsp3) is 0.267. The molecule has 3 nitrogen and oxygen atoms in total. The molecule has 0 saturated heterocycles. The Bertz CT molecular complexity index is 662. The molecule has 0 fully saturated rings. The number of hydrogen-bond acceptors (Lipinski definition) is 4. The van der Waals surface area contributed by atoms with Gasteiger partial charge in [0.1, 0.15) is 0 Å². The molecule has 20 heavy (non-hydrogen) atoms. The lowest BCUT2D eigenvalue weighted by molar-refractivity contribution is 1.14. The van der Waals surface area contributed by atoms with Crippen molar-refractivity contribution in [1.29, 1.82) is 0 Å². The summed E-state index contributed by atoms with van der Waals surface area (Å²) in [4.78, 5) is 5.99. The van der Waals surface area contributed by atoms with E-state index in [0.717, 1.165) is 23.6 Å². The Morgan fingerprint density at radius 2 is 2.25 bits per heavy atom. The molecule has 0 unspecified atom stereocenters. The lowest BCUT2D eigenvalue weighted by Crippen LogP contribution is -2.23. The molecule has 0 aliphatic carbocycles. The highest BCUT2D eigenvalue weighted by atomic mass is 32.1. The average Bonchev–Trinajstić information content (AvgIpc) is 3.05. The number of aryl methyl sites for hydroxylation is 1. The Balaban J connectivity index is 1.89. The van der Waals surface area contributed by atoms with Crippen LogP contribution in [-0.2, 0) is 6.54 Å². The van der Waals surface area contributed by atoms with Crippen LogP contribution in [0.25, 0.3) is 5.57 Å². The number of hydrogen-bond donors (Lipinski definition) is 2. The second kappa shape index (κ2) is 5.42. The summed E-state index contributed by atoms with van der Waals surface area (Å²) in [5.41, 5.74) is 12.6. The van der Waals surface area contributed by atoms with Gasteiger partial charge in [0, 0.05) is 29.3 Å². The van der Waals surface area contributed by atoms with Gasteiger partial charge in [-0.15, -0.1) is 11.3 Å². The van der Waals surface area contributed by atoms with Gasteiger partial charge in [-0.05, 0) is 42.4 Å². The van der Waals surface area contributed by atoms with Crippen molar-refractivity contribution in [2.24, 2.45) is 5.73 Å². The van der Waals surface area contributed by atoms with Gasteiger partial charge in [-0.1, -0.05) is 11.5 Å². The summed E-state index contributed by atoms with van der Waals surface area (Å²) in [5, 5.41) is 5.63. The predicted octanol–water partition coefficient (Wildman–Crippen LogP) is 2.10. The lowest BCUT2D eigenvalue weighted by Gasteiger charge is -2.12. The maximum atomic E-state index is 5.81. The van der Waals surface area contributed by atoms with Crippen LogP contribution in [0.1, 0.15) is 23.2 Å². The van der Waals surface area contributed by atoms with E-state index in [-0.39, 0.29) is 0 Å². The van der Waals surface area contributed by atoms with Crippen molar-refractivity contribution < 1.29 is 0 Å². The summed E-state index contributed by atoms with van der Waals surface area (Å²) in [6.45, 7) is 5.54. The van der Waals surface area contributed by atoms with Crippen LogP contribution in [0.4, 0.5) is 5.69 Å². The molecule has 3 heterocycles. The second-order valence-corrected chi connectivity index (χ2v) is 6.04. The number of nitrogens with zero attached hydrogens (tertiary/aromatic N) is 1. The molecular weight excluding hydrogens is 265 g/mol. The van der Waals surface area contributed by atoms with E-state index in [0.29, 0.717) is 6.54 Å². The number of allylic oxidation sites excluding steroid dienone is 1. The van der Waals surface area contributed by atoms with Gasteiger partial charge in [0.25, 0.3) is 0 Å². The Hall–Kier alpha value is -1.59. The van der Waals surface area contributed by atoms with Crippen molar-refractivity contribution in [2.75, 3.05) is 11.9 Å². The monoisotopic (exact) mass is 282 g/mol. The van der Waals surface area contributed by atoms with E-state index in [4.69, 9.17) is 5.73 Å². The molecule has 2 aromatic rings. The number of fused-ring (bicyclic) bond motifs is 1. The van der Waals surface area contributed by atoms with Gasteiger partial charge in [-0.3, -0.25) is 4.98 Å². The van der Waals surface area contributed by atoms with Crippen LogP contribution in [0.3, 0.4) is 0 Å². The molecule has 1 radical (unpaired) electrons. The van der Waals surface area contributed by atoms with Crippen molar-refractivity contribution in [1.82, 2.24) is 4.98 Å². The first-order chi connectivity index (χ1) is 9.69. The molecule has 3 rings (SSSR count).